The first-order valence-electron chi connectivity index (χ1n) is 9.62. The van der Waals surface area contributed by atoms with E-state index < -0.39 is 5.97 Å². The van der Waals surface area contributed by atoms with Gasteiger partial charge < -0.3 is 15.3 Å². The van der Waals surface area contributed by atoms with Crippen LogP contribution in [0.15, 0.2) is 18.2 Å². The van der Waals surface area contributed by atoms with Crippen molar-refractivity contribution in [3.63, 3.8) is 0 Å². The van der Waals surface area contributed by atoms with Gasteiger partial charge in [0.05, 0.1) is 6.10 Å². The number of aliphatic carboxylic acids is 1. The number of hydrogen-bond donors (Lipinski definition) is 3. The summed E-state index contributed by atoms with van der Waals surface area (Å²) in [5.74, 6) is 1.32. The van der Waals surface area contributed by atoms with Gasteiger partial charge >= 0.3 is 5.97 Å². The molecule has 1 aromatic carbocycles. The Hall–Kier alpha value is -1.55. The number of phenolic OH excluding ortho intramolecular Hbond substituents is 1. The van der Waals surface area contributed by atoms with Crippen LogP contribution in [0.25, 0.3) is 0 Å². The van der Waals surface area contributed by atoms with Crippen molar-refractivity contribution in [2.45, 2.75) is 63.9 Å². The van der Waals surface area contributed by atoms with Gasteiger partial charge in [-0.1, -0.05) is 13.0 Å². The average molecular weight is 344 g/mol. The van der Waals surface area contributed by atoms with E-state index in [1.165, 1.54) is 11.1 Å². The first-order chi connectivity index (χ1) is 11.9. The summed E-state index contributed by atoms with van der Waals surface area (Å²) in [5, 5.41) is 29.6. The Labute approximate surface area is 148 Å². The lowest BCUT2D eigenvalue weighted by Crippen LogP contribution is -2.45. The van der Waals surface area contributed by atoms with Gasteiger partial charge in [-0.3, -0.25) is 4.79 Å². The van der Waals surface area contributed by atoms with Gasteiger partial charge in [-0.05, 0) is 90.9 Å². The lowest BCUT2D eigenvalue weighted by molar-refractivity contribution is -0.137. The molecule has 1 aromatic rings. The van der Waals surface area contributed by atoms with E-state index in [0.29, 0.717) is 35.8 Å². The third kappa shape index (κ3) is 2.66. The predicted molar refractivity (Wildman–Crippen MR) is 94.5 cm³/mol. The lowest BCUT2D eigenvalue weighted by Gasteiger charge is -2.51. The maximum absolute atomic E-state index is 11.1. The average Bonchev–Trinajstić information content (AvgIpc) is 2.83. The van der Waals surface area contributed by atoms with E-state index >= 15 is 0 Å². The van der Waals surface area contributed by atoms with Crippen molar-refractivity contribution in [2.75, 3.05) is 0 Å². The fourth-order valence-corrected chi connectivity index (χ4v) is 6.43. The van der Waals surface area contributed by atoms with Crippen LogP contribution in [0.1, 0.15) is 62.5 Å². The van der Waals surface area contributed by atoms with Gasteiger partial charge in [0.25, 0.3) is 0 Å². The molecule has 3 aliphatic carbocycles. The molecule has 0 saturated heterocycles. The summed E-state index contributed by atoms with van der Waals surface area (Å²) in [6.07, 6.45) is 5.46. The fraction of sp³-hybridized carbons (Fsp3) is 0.667. The zero-order chi connectivity index (χ0) is 17.8. The van der Waals surface area contributed by atoms with E-state index in [-0.39, 0.29) is 17.9 Å². The molecule has 0 amide bonds. The third-order valence-electron chi connectivity index (χ3n) is 7.53. The molecule has 6 atom stereocenters. The van der Waals surface area contributed by atoms with Crippen LogP contribution in [-0.2, 0) is 11.2 Å². The van der Waals surface area contributed by atoms with Gasteiger partial charge in [-0.2, -0.15) is 0 Å². The molecule has 4 heteroatoms. The minimum absolute atomic E-state index is 0.0707. The Morgan fingerprint density at radius 3 is 2.88 bits per heavy atom. The number of aromatic hydroxyl groups is 1. The van der Waals surface area contributed by atoms with E-state index in [9.17, 15) is 15.0 Å². The Morgan fingerprint density at radius 1 is 1.32 bits per heavy atom. The number of aliphatic hydroxyl groups excluding tert-OH is 1. The number of fused-ring (bicyclic) bond motifs is 5. The van der Waals surface area contributed by atoms with Crippen molar-refractivity contribution in [3.05, 3.63) is 29.3 Å². The Kier molecular flexibility index (Phi) is 4.06. The predicted octanol–water partition coefficient (Wildman–Crippen LogP) is 3.70. The summed E-state index contributed by atoms with van der Waals surface area (Å²) in [4.78, 5) is 11.1. The number of carboxylic acids is 1. The second kappa shape index (κ2) is 6.01. The van der Waals surface area contributed by atoms with Gasteiger partial charge in [0.15, 0.2) is 0 Å². The summed E-state index contributed by atoms with van der Waals surface area (Å²) in [5.41, 5.74) is 2.57. The molecule has 2 fully saturated rings. The molecule has 2 unspecified atom stereocenters. The number of carbonyl (C=O) groups is 1. The van der Waals surface area contributed by atoms with Crippen LogP contribution in [0.5, 0.6) is 5.75 Å². The lowest BCUT2D eigenvalue weighted by atomic mass is 9.54. The minimum atomic E-state index is -0.736. The van der Waals surface area contributed by atoms with Crippen molar-refractivity contribution in [2.24, 2.45) is 23.2 Å². The molecule has 3 N–H and O–H groups in total. The number of carboxylic acid groups (broad SMARTS) is 1. The normalized spacial score (nSPS) is 39.4. The van der Waals surface area contributed by atoms with Crippen molar-refractivity contribution in [1.29, 1.82) is 0 Å². The van der Waals surface area contributed by atoms with Crippen LogP contribution in [0.2, 0.25) is 0 Å². The van der Waals surface area contributed by atoms with E-state index in [4.69, 9.17) is 5.11 Å². The van der Waals surface area contributed by atoms with Crippen molar-refractivity contribution >= 4 is 5.97 Å². The van der Waals surface area contributed by atoms with Crippen LogP contribution < -0.4 is 0 Å². The van der Waals surface area contributed by atoms with Crippen LogP contribution in [0, 0.1) is 23.2 Å². The second-order valence-corrected chi connectivity index (χ2v) is 8.71. The van der Waals surface area contributed by atoms with Crippen molar-refractivity contribution < 1.29 is 20.1 Å². The summed E-state index contributed by atoms with van der Waals surface area (Å²) in [6.45, 7) is 2.23. The highest BCUT2D eigenvalue weighted by Crippen LogP contribution is 2.63. The first kappa shape index (κ1) is 16.9. The second-order valence-electron chi connectivity index (χ2n) is 8.71. The molecular weight excluding hydrogens is 316 g/mol. The number of benzene rings is 1. The number of phenols is 1. The molecule has 4 rings (SSSR count). The molecule has 4 nitrogen and oxygen atoms in total. The van der Waals surface area contributed by atoms with Gasteiger partial charge in [0, 0.05) is 6.42 Å². The highest BCUT2D eigenvalue weighted by Gasteiger charge is 2.58. The Morgan fingerprint density at radius 2 is 2.12 bits per heavy atom. The van der Waals surface area contributed by atoms with Crippen LogP contribution in [-0.4, -0.2) is 27.4 Å². The van der Waals surface area contributed by atoms with E-state index in [0.717, 1.165) is 32.1 Å². The van der Waals surface area contributed by atoms with Crippen molar-refractivity contribution in [3.8, 4) is 5.75 Å². The van der Waals surface area contributed by atoms with E-state index in [1.807, 2.05) is 6.07 Å². The molecule has 0 aliphatic heterocycles. The molecule has 136 valence electrons. The molecule has 0 spiro atoms. The molecule has 0 bridgehead atoms. The zero-order valence-corrected chi connectivity index (χ0v) is 14.8. The molecule has 0 aromatic heterocycles. The van der Waals surface area contributed by atoms with Gasteiger partial charge in [0.2, 0.25) is 0 Å². The molecule has 2 saturated carbocycles. The minimum Gasteiger partial charge on any atom is -0.508 e. The molecule has 0 heterocycles. The van der Waals surface area contributed by atoms with Crippen LogP contribution in [0.3, 0.4) is 0 Å². The fourth-order valence-electron chi connectivity index (χ4n) is 6.43. The van der Waals surface area contributed by atoms with E-state index in [2.05, 4.69) is 13.0 Å². The Balaban J connectivity index is 1.66. The summed E-state index contributed by atoms with van der Waals surface area (Å²) >= 11 is 0. The SMILES string of the molecule is C[C@]12CC[C@@H]3c4ccc(O)cc4CC[C@H]3[C@@H]1C(CCC(=O)O)CC2O. The summed E-state index contributed by atoms with van der Waals surface area (Å²) < 4.78 is 0. The van der Waals surface area contributed by atoms with E-state index in [1.54, 1.807) is 6.07 Å². The number of aliphatic hydroxyl groups is 1. The highest BCUT2D eigenvalue weighted by atomic mass is 16.4. The largest absolute Gasteiger partial charge is 0.508 e. The summed E-state index contributed by atoms with van der Waals surface area (Å²) in [6, 6.07) is 5.78. The highest BCUT2D eigenvalue weighted by molar-refractivity contribution is 5.66. The number of aryl methyl sites for hydroxylation is 1. The first-order valence-corrected chi connectivity index (χ1v) is 9.62. The Bertz CT molecular complexity index is 684. The maximum atomic E-state index is 11.1. The molecule has 3 aliphatic rings. The van der Waals surface area contributed by atoms with Crippen LogP contribution >= 0.6 is 0 Å². The zero-order valence-electron chi connectivity index (χ0n) is 14.8. The van der Waals surface area contributed by atoms with Gasteiger partial charge in [0.1, 0.15) is 5.75 Å². The molecule has 0 radical (unpaired) electrons. The standard InChI is InChI=1S/C21H28O4/c1-21-9-8-16-15-6-4-14(22)10-12(15)2-5-17(16)20(21)13(11-18(21)23)3-7-19(24)25/h4,6,10,13,16-18,20,22-23H,2-3,5,7-9,11H2,1H3,(H,24,25)/t13?,16-,17-,18?,20+,21-/m1/s1. The third-order valence-corrected chi connectivity index (χ3v) is 7.53. The van der Waals surface area contributed by atoms with Crippen LogP contribution in [0.4, 0.5) is 0 Å². The monoisotopic (exact) mass is 344 g/mol. The summed E-state index contributed by atoms with van der Waals surface area (Å²) in [7, 11) is 0. The quantitative estimate of drug-likeness (QED) is 0.781. The molecule has 25 heavy (non-hydrogen) atoms. The topological polar surface area (TPSA) is 77.8 Å². The van der Waals surface area contributed by atoms with Crippen molar-refractivity contribution in [1.82, 2.24) is 0 Å². The number of rotatable bonds is 3. The number of hydrogen-bond acceptors (Lipinski definition) is 3. The van der Waals surface area contributed by atoms with Gasteiger partial charge in [-0.25, -0.2) is 0 Å². The maximum Gasteiger partial charge on any atom is 0.303 e. The van der Waals surface area contributed by atoms with Gasteiger partial charge in [-0.15, -0.1) is 0 Å². The molecular formula is C21H28O4. The smallest absolute Gasteiger partial charge is 0.303 e.